The molecule has 5 heteroatoms. The maximum Gasteiger partial charge on any atom is 0.213 e. The molecule has 1 heterocycles. The average Bonchev–Trinajstić information content (AvgIpc) is 2.66. The highest BCUT2D eigenvalue weighted by atomic mass is 32.1. The number of nitrogens with one attached hydrogen (secondary N) is 1. The highest BCUT2D eigenvalue weighted by Gasteiger charge is 2.20. The molecular formula is C9H13N3OS. The van der Waals surface area contributed by atoms with E-state index < -0.39 is 0 Å². The second-order valence-corrected chi connectivity index (χ2v) is 4.33. The van der Waals surface area contributed by atoms with Gasteiger partial charge in [0, 0.05) is 4.88 Å². The Morgan fingerprint density at radius 1 is 1.71 bits per heavy atom. The topological polar surface area (TPSA) is 70.6 Å². The van der Waals surface area contributed by atoms with Crippen molar-refractivity contribution in [3.63, 3.8) is 0 Å². The number of thiophene rings is 1. The van der Waals surface area contributed by atoms with Gasteiger partial charge in [-0.25, -0.2) is 10.5 Å². The molecule has 0 spiro atoms. The van der Waals surface area contributed by atoms with Gasteiger partial charge < -0.3 is 5.73 Å². The fourth-order valence-corrected chi connectivity index (χ4v) is 2.77. The maximum atomic E-state index is 8.56. The summed E-state index contributed by atoms with van der Waals surface area (Å²) in [5.41, 5.74) is 8.55. The number of fused-ring (bicyclic) bond motifs is 1. The number of hydrogen-bond donors (Lipinski definition) is 3. The predicted octanol–water partition coefficient (Wildman–Crippen LogP) is 1.42. The van der Waals surface area contributed by atoms with Crippen molar-refractivity contribution in [3.05, 3.63) is 21.9 Å². The minimum Gasteiger partial charge on any atom is -0.368 e. The van der Waals surface area contributed by atoms with Crippen LogP contribution in [0.15, 0.2) is 16.4 Å². The van der Waals surface area contributed by atoms with E-state index in [1.165, 1.54) is 10.4 Å². The first kappa shape index (κ1) is 9.48. The molecule has 0 fully saturated rings. The summed E-state index contributed by atoms with van der Waals surface area (Å²) in [6.45, 7) is 0. The van der Waals surface area contributed by atoms with Gasteiger partial charge in [0.2, 0.25) is 5.96 Å². The first-order valence-electron chi connectivity index (χ1n) is 4.61. The normalized spacial score (nSPS) is 21.8. The molecule has 76 valence electrons. The van der Waals surface area contributed by atoms with Crippen LogP contribution in [0.2, 0.25) is 0 Å². The van der Waals surface area contributed by atoms with Crippen LogP contribution in [0.1, 0.15) is 29.3 Å². The number of aryl methyl sites for hydroxylation is 1. The van der Waals surface area contributed by atoms with Gasteiger partial charge in [0.1, 0.15) is 0 Å². The van der Waals surface area contributed by atoms with Crippen LogP contribution < -0.4 is 11.2 Å². The Morgan fingerprint density at radius 2 is 2.57 bits per heavy atom. The lowest BCUT2D eigenvalue weighted by Gasteiger charge is -2.19. The SMILES string of the molecule is NC(=NC1CCCc2sccc21)NO. The molecule has 0 saturated heterocycles. The van der Waals surface area contributed by atoms with E-state index in [0.29, 0.717) is 0 Å². The summed E-state index contributed by atoms with van der Waals surface area (Å²) in [6, 6.07) is 2.21. The number of rotatable bonds is 1. The van der Waals surface area contributed by atoms with Gasteiger partial charge in [-0.15, -0.1) is 11.3 Å². The number of nitrogens with two attached hydrogens (primary N) is 1. The lowest BCUT2D eigenvalue weighted by molar-refractivity contribution is 0.232. The highest BCUT2D eigenvalue weighted by Crippen LogP contribution is 2.35. The molecule has 0 saturated carbocycles. The van der Waals surface area contributed by atoms with Crippen LogP contribution in [0.4, 0.5) is 0 Å². The molecule has 4 nitrogen and oxygen atoms in total. The van der Waals surface area contributed by atoms with Crippen LogP contribution >= 0.6 is 11.3 Å². The summed E-state index contributed by atoms with van der Waals surface area (Å²) in [7, 11) is 0. The lowest BCUT2D eigenvalue weighted by atomic mass is 9.95. The van der Waals surface area contributed by atoms with Gasteiger partial charge in [0.25, 0.3) is 0 Å². The zero-order valence-electron chi connectivity index (χ0n) is 7.73. The van der Waals surface area contributed by atoms with Crippen LogP contribution in [0.5, 0.6) is 0 Å². The molecule has 0 aromatic carbocycles. The van der Waals surface area contributed by atoms with E-state index >= 15 is 0 Å². The third-order valence-corrected chi connectivity index (χ3v) is 3.43. The largest absolute Gasteiger partial charge is 0.368 e. The van der Waals surface area contributed by atoms with E-state index in [4.69, 9.17) is 10.9 Å². The number of hydrogen-bond acceptors (Lipinski definition) is 3. The van der Waals surface area contributed by atoms with Crippen molar-refractivity contribution in [2.75, 3.05) is 0 Å². The van der Waals surface area contributed by atoms with Gasteiger partial charge in [-0.3, -0.25) is 5.21 Å². The summed E-state index contributed by atoms with van der Waals surface area (Å²) < 4.78 is 0. The van der Waals surface area contributed by atoms with Crippen molar-refractivity contribution in [1.82, 2.24) is 5.48 Å². The van der Waals surface area contributed by atoms with Crippen molar-refractivity contribution < 1.29 is 5.21 Å². The van der Waals surface area contributed by atoms with Gasteiger partial charge in [0.05, 0.1) is 6.04 Å². The summed E-state index contributed by atoms with van der Waals surface area (Å²) in [5.74, 6) is 0.0917. The standard InChI is InChI=1S/C9H13N3OS/c10-9(12-13)11-7-2-1-3-8-6(7)4-5-14-8/h4-5,7,13H,1-3H2,(H3,10,11,12). The van der Waals surface area contributed by atoms with E-state index in [0.717, 1.165) is 19.3 Å². The molecule has 0 amide bonds. The van der Waals surface area contributed by atoms with Gasteiger partial charge in [-0.05, 0) is 36.3 Å². The van der Waals surface area contributed by atoms with E-state index in [1.54, 1.807) is 11.3 Å². The molecule has 1 aromatic rings. The van der Waals surface area contributed by atoms with Gasteiger partial charge >= 0.3 is 0 Å². The first-order valence-corrected chi connectivity index (χ1v) is 5.49. The molecule has 14 heavy (non-hydrogen) atoms. The second-order valence-electron chi connectivity index (χ2n) is 3.33. The number of hydroxylamine groups is 1. The Bertz CT molecular complexity index is 348. The minimum atomic E-state index is 0.0917. The van der Waals surface area contributed by atoms with Gasteiger partial charge in [-0.2, -0.15) is 0 Å². The van der Waals surface area contributed by atoms with Crippen LogP contribution in [0, 0.1) is 0 Å². The molecule has 0 aliphatic heterocycles. The maximum absolute atomic E-state index is 8.56. The van der Waals surface area contributed by atoms with E-state index in [1.807, 2.05) is 5.48 Å². The number of aliphatic imine (C=N–C) groups is 1. The lowest BCUT2D eigenvalue weighted by Crippen LogP contribution is -2.29. The Balaban J connectivity index is 2.24. The van der Waals surface area contributed by atoms with Crippen molar-refractivity contribution in [3.8, 4) is 0 Å². The summed E-state index contributed by atoms with van der Waals surface area (Å²) in [6.07, 6.45) is 3.29. The average molecular weight is 211 g/mol. The van der Waals surface area contributed by atoms with Crippen LogP contribution in [-0.2, 0) is 6.42 Å². The number of nitrogens with zero attached hydrogens (tertiary/aromatic N) is 1. The van der Waals surface area contributed by atoms with Crippen LogP contribution in [-0.4, -0.2) is 11.2 Å². The number of guanidine groups is 1. The minimum absolute atomic E-state index is 0.0917. The molecule has 1 unspecified atom stereocenters. The molecule has 1 aliphatic rings. The summed E-state index contributed by atoms with van der Waals surface area (Å²) >= 11 is 1.77. The zero-order valence-corrected chi connectivity index (χ0v) is 8.55. The van der Waals surface area contributed by atoms with Crippen molar-refractivity contribution >= 4 is 17.3 Å². The van der Waals surface area contributed by atoms with E-state index in [-0.39, 0.29) is 12.0 Å². The third-order valence-electron chi connectivity index (χ3n) is 2.43. The van der Waals surface area contributed by atoms with Crippen LogP contribution in [0.25, 0.3) is 0 Å². The molecular weight excluding hydrogens is 198 g/mol. The molecule has 4 N–H and O–H groups in total. The third kappa shape index (κ3) is 1.73. The van der Waals surface area contributed by atoms with Crippen LogP contribution in [0.3, 0.4) is 0 Å². The Hall–Kier alpha value is -1.07. The van der Waals surface area contributed by atoms with E-state index in [9.17, 15) is 0 Å². The second kappa shape index (κ2) is 3.98. The smallest absolute Gasteiger partial charge is 0.213 e. The summed E-state index contributed by atoms with van der Waals surface area (Å²) in [4.78, 5) is 5.61. The zero-order chi connectivity index (χ0) is 9.97. The highest BCUT2D eigenvalue weighted by molar-refractivity contribution is 7.10. The van der Waals surface area contributed by atoms with Gasteiger partial charge in [0.15, 0.2) is 0 Å². The summed E-state index contributed by atoms with van der Waals surface area (Å²) in [5, 5.41) is 10.6. The van der Waals surface area contributed by atoms with Crippen molar-refractivity contribution in [2.45, 2.75) is 25.3 Å². The Labute approximate surface area is 86.4 Å². The Morgan fingerprint density at radius 3 is 3.36 bits per heavy atom. The predicted molar refractivity (Wildman–Crippen MR) is 56.5 cm³/mol. The van der Waals surface area contributed by atoms with Crippen molar-refractivity contribution in [1.29, 1.82) is 0 Å². The first-order chi connectivity index (χ1) is 6.81. The molecule has 0 bridgehead atoms. The Kier molecular flexibility index (Phi) is 2.69. The van der Waals surface area contributed by atoms with Gasteiger partial charge in [-0.1, -0.05) is 0 Å². The fraction of sp³-hybridized carbons (Fsp3) is 0.444. The fourth-order valence-electron chi connectivity index (χ4n) is 1.79. The molecule has 1 aliphatic carbocycles. The quantitative estimate of drug-likeness (QED) is 0.374. The monoisotopic (exact) mass is 211 g/mol. The van der Waals surface area contributed by atoms with E-state index in [2.05, 4.69) is 16.4 Å². The van der Waals surface area contributed by atoms with Crippen molar-refractivity contribution in [2.24, 2.45) is 10.7 Å². The molecule has 2 rings (SSSR count). The molecule has 1 atom stereocenters. The molecule has 0 radical (unpaired) electrons. The molecule has 1 aromatic heterocycles.